The van der Waals surface area contributed by atoms with Crippen molar-refractivity contribution in [3.63, 3.8) is 0 Å². The van der Waals surface area contributed by atoms with Crippen molar-refractivity contribution in [3.05, 3.63) is 72.7 Å². The van der Waals surface area contributed by atoms with Gasteiger partial charge in [-0.1, -0.05) is 18.2 Å². The average Bonchev–Trinajstić information content (AvgIpc) is 3.29. The van der Waals surface area contributed by atoms with Crippen LogP contribution in [0.2, 0.25) is 0 Å². The standard InChI is InChI=1S/C21H24N6O/c28-21(23-16-17-7-11-22-20(15-17)27-12-4-10-24-27)25-18-8-13-26(14-9-18)19-5-2-1-3-6-19/h1-7,10-12,15,18H,8-9,13-14,16H2,(H2,23,25,28). The van der Waals surface area contributed by atoms with E-state index in [9.17, 15) is 4.79 Å². The molecule has 28 heavy (non-hydrogen) atoms. The second kappa shape index (κ2) is 8.56. The third-order valence-corrected chi connectivity index (χ3v) is 4.95. The molecule has 1 saturated heterocycles. The van der Waals surface area contributed by atoms with Crippen molar-refractivity contribution < 1.29 is 4.79 Å². The van der Waals surface area contributed by atoms with Crippen molar-refractivity contribution in [2.24, 2.45) is 0 Å². The summed E-state index contributed by atoms with van der Waals surface area (Å²) in [5, 5.41) is 10.2. The molecule has 2 aromatic heterocycles. The number of aromatic nitrogens is 3. The van der Waals surface area contributed by atoms with Gasteiger partial charge in [-0.05, 0) is 48.7 Å². The summed E-state index contributed by atoms with van der Waals surface area (Å²) in [4.78, 5) is 18.9. The first-order chi connectivity index (χ1) is 13.8. The number of para-hydroxylation sites is 1. The van der Waals surface area contributed by atoms with Gasteiger partial charge in [0.1, 0.15) is 0 Å². The normalized spacial score (nSPS) is 14.6. The minimum Gasteiger partial charge on any atom is -0.371 e. The van der Waals surface area contributed by atoms with Gasteiger partial charge in [0.2, 0.25) is 0 Å². The molecule has 1 fully saturated rings. The van der Waals surface area contributed by atoms with Crippen LogP contribution in [0.4, 0.5) is 10.5 Å². The van der Waals surface area contributed by atoms with Crippen molar-refractivity contribution in [1.82, 2.24) is 25.4 Å². The molecular weight excluding hydrogens is 352 g/mol. The third kappa shape index (κ3) is 4.49. The van der Waals surface area contributed by atoms with Crippen molar-refractivity contribution in [2.45, 2.75) is 25.4 Å². The van der Waals surface area contributed by atoms with Crippen LogP contribution in [0.1, 0.15) is 18.4 Å². The van der Waals surface area contributed by atoms with Gasteiger partial charge in [0.25, 0.3) is 0 Å². The Morgan fingerprint density at radius 2 is 1.89 bits per heavy atom. The summed E-state index contributed by atoms with van der Waals surface area (Å²) in [5.41, 5.74) is 2.23. The fourth-order valence-corrected chi connectivity index (χ4v) is 3.44. The van der Waals surface area contributed by atoms with E-state index in [1.54, 1.807) is 17.1 Å². The van der Waals surface area contributed by atoms with E-state index in [0.29, 0.717) is 6.54 Å². The molecule has 0 aliphatic carbocycles. The van der Waals surface area contributed by atoms with Crippen LogP contribution < -0.4 is 15.5 Å². The SMILES string of the molecule is O=C(NCc1ccnc(-n2cccn2)c1)NC1CCN(c2ccccc2)CC1. The van der Waals surface area contributed by atoms with Crippen LogP contribution >= 0.6 is 0 Å². The summed E-state index contributed by atoms with van der Waals surface area (Å²) in [7, 11) is 0. The molecule has 0 bridgehead atoms. The molecule has 3 aromatic rings. The topological polar surface area (TPSA) is 75.1 Å². The van der Waals surface area contributed by atoms with E-state index < -0.39 is 0 Å². The second-order valence-corrected chi connectivity index (χ2v) is 6.90. The van der Waals surface area contributed by atoms with Gasteiger partial charge >= 0.3 is 6.03 Å². The Bertz CT molecular complexity index is 888. The zero-order chi connectivity index (χ0) is 19.2. The molecule has 1 aromatic carbocycles. The first kappa shape index (κ1) is 18.0. The molecule has 144 valence electrons. The summed E-state index contributed by atoms with van der Waals surface area (Å²) >= 11 is 0. The van der Waals surface area contributed by atoms with Crippen LogP contribution in [0.5, 0.6) is 0 Å². The van der Waals surface area contributed by atoms with Crippen LogP contribution in [0, 0.1) is 0 Å². The highest BCUT2D eigenvalue weighted by atomic mass is 16.2. The van der Waals surface area contributed by atoms with Crippen molar-refractivity contribution >= 4 is 11.7 Å². The number of benzene rings is 1. The van der Waals surface area contributed by atoms with Gasteiger partial charge in [-0.2, -0.15) is 5.10 Å². The minimum atomic E-state index is -0.129. The van der Waals surface area contributed by atoms with Gasteiger partial charge in [0, 0.05) is 50.0 Å². The van der Waals surface area contributed by atoms with Crippen LogP contribution in [-0.2, 0) is 6.54 Å². The number of hydrogen-bond acceptors (Lipinski definition) is 4. The maximum Gasteiger partial charge on any atom is 0.315 e. The lowest BCUT2D eigenvalue weighted by atomic mass is 10.0. The Labute approximate surface area is 164 Å². The molecule has 2 amide bonds. The second-order valence-electron chi connectivity index (χ2n) is 6.90. The molecule has 0 unspecified atom stereocenters. The smallest absolute Gasteiger partial charge is 0.315 e. The molecule has 0 spiro atoms. The van der Waals surface area contributed by atoms with Crippen molar-refractivity contribution in [3.8, 4) is 5.82 Å². The quantitative estimate of drug-likeness (QED) is 0.718. The number of nitrogens with one attached hydrogen (secondary N) is 2. The van der Waals surface area contributed by atoms with E-state index in [1.165, 1.54) is 5.69 Å². The minimum absolute atomic E-state index is 0.129. The van der Waals surface area contributed by atoms with E-state index in [4.69, 9.17) is 0 Å². The fraction of sp³-hybridized carbons (Fsp3) is 0.286. The monoisotopic (exact) mass is 376 g/mol. The molecule has 3 heterocycles. The zero-order valence-corrected chi connectivity index (χ0v) is 15.7. The van der Waals surface area contributed by atoms with Gasteiger partial charge in [-0.25, -0.2) is 14.5 Å². The van der Waals surface area contributed by atoms with Crippen LogP contribution in [0.25, 0.3) is 5.82 Å². The summed E-state index contributed by atoms with van der Waals surface area (Å²) in [6.45, 7) is 2.35. The predicted octanol–water partition coefficient (Wildman–Crippen LogP) is 2.74. The third-order valence-electron chi connectivity index (χ3n) is 4.95. The average molecular weight is 376 g/mol. The fourth-order valence-electron chi connectivity index (χ4n) is 3.44. The molecule has 7 nitrogen and oxygen atoms in total. The number of pyridine rings is 1. The first-order valence-electron chi connectivity index (χ1n) is 9.57. The number of amides is 2. The van der Waals surface area contributed by atoms with Gasteiger partial charge in [-0.3, -0.25) is 0 Å². The van der Waals surface area contributed by atoms with E-state index in [0.717, 1.165) is 37.3 Å². The van der Waals surface area contributed by atoms with Gasteiger partial charge in [0.05, 0.1) is 0 Å². The van der Waals surface area contributed by atoms with E-state index >= 15 is 0 Å². The first-order valence-corrected chi connectivity index (χ1v) is 9.57. The van der Waals surface area contributed by atoms with E-state index in [1.807, 2.05) is 30.5 Å². The molecule has 0 radical (unpaired) electrons. The van der Waals surface area contributed by atoms with Crippen molar-refractivity contribution in [2.75, 3.05) is 18.0 Å². The molecule has 0 saturated carbocycles. The number of piperidine rings is 1. The largest absolute Gasteiger partial charge is 0.371 e. The number of anilines is 1. The van der Waals surface area contributed by atoms with Crippen LogP contribution in [-0.4, -0.2) is 39.9 Å². The highest BCUT2D eigenvalue weighted by molar-refractivity contribution is 5.74. The number of nitrogens with zero attached hydrogens (tertiary/aromatic N) is 4. The van der Waals surface area contributed by atoms with Gasteiger partial charge < -0.3 is 15.5 Å². The molecule has 4 rings (SSSR count). The summed E-state index contributed by atoms with van der Waals surface area (Å²) in [6.07, 6.45) is 7.17. The summed E-state index contributed by atoms with van der Waals surface area (Å²) < 4.78 is 1.70. The summed E-state index contributed by atoms with van der Waals surface area (Å²) in [6, 6.07) is 16.2. The number of carbonyl (C=O) groups is 1. The zero-order valence-electron chi connectivity index (χ0n) is 15.7. The van der Waals surface area contributed by atoms with Crippen molar-refractivity contribution in [1.29, 1.82) is 0 Å². The number of urea groups is 1. The Morgan fingerprint density at radius 3 is 2.64 bits per heavy atom. The molecular formula is C21H24N6O. The maximum atomic E-state index is 12.3. The molecule has 7 heteroatoms. The van der Waals surface area contributed by atoms with Crippen LogP contribution in [0.15, 0.2) is 67.1 Å². The lowest BCUT2D eigenvalue weighted by Gasteiger charge is -2.34. The Morgan fingerprint density at radius 1 is 1.07 bits per heavy atom. The highest BCUT2D eigenvalue weighted by Crippen LogP contribution is 2.19. The molecule has 0 atom stereocenters. The van der Waals surface area contributed by atoms with Crippen LogP contribution in [0.3, 0.4) is 0 Å². The highest BCUT2D eigenvalue weighted by Gasteiger charge is 2.20. The number of rotatable bonds is 5. The van der Waals surface area contributed by atoms with E-state index in [2.05, 4.69) is 49.9 Å². The van der Waals surface area contributed by atoms with E-state index in [-0.39, 0.29) is 12.1 Å². The maximum absolute atomic E-state index is 12.3. The Balaban J connectivity index is 1.24. The van der Waals surface area contributed by atoms with Gasteiger partial charge in [0.15, 0.2) is 5.82 Å². The Kier molecular flexibility index (Phi) is 5.51. The predicted molar refractivity (Wildman–Crippen MR) is 108 cm³/mol. The van der Waals surface area contributed by atoms with Gasteiger partial charge in [-0.15, -0.1) is 0 Å². The lowest BCUT2D eigenvalue weighted by Crippen LogP contribution is -2.47. The summed E-state index contributed by atoms with van der Waals surface area (Å²) in [5.74, 6) is 0.734. The molecule has 2 N–H and O–H groups in total. The molecule has 1 aliphatic rings. The number of carbonyl (C=O) groups excluding carboxylic acids is 1. The Hall–Kier alpha value is -3.35. The lowest BCUT2D eigenvalue weighted by molar-refractivity contribution is 0.234. The molecule has 1 aliphatic heterocycles. The number of hydrogen-bond donors (Lipinski definition) is 2.